The highest BCUT2D eigenvalue weighted by Crippen LogP contribution is 2.37. The molecule has 5 heteroatoms. The van der Waals surface area contributed by atoms with Crippen molar-refractivity contribution in [3.63, 3.8) is 0 Å². The number of aromatic nitrogens is 1. The molecule has 156 valence electrons. The van der Waals surface area contributed by atoms with Gasteiger partial charge in [0.2, 0.25) is 0 Å². The van der Waals surface area contributed by atoms with Crippen molar-refractivity contribution in [1.29, 1.82) is 0 Å². The highest BCUT2D eigenvalue weighted by Gasteiger charge is 2.28. The zero-order valence-corrected chi connectivity index (χ0v) is 17.8. The van der Waals surface area contributed by atoms with Crippen molar-refractivity contribution in [3.05, 3.63) is 63.6 Å². The number of nitrogens with zero attached hydrogens (tertiary/aromatic N) is 1. The number of anilines is 1. The van der Waals surface area contributed by atoms with Crippen LogP contribution in [-0.4, -0.2) is 23.6 Å². The Labute approximate surface area is 173 Å². The topological polar surface area (TPSA) is 63.1 Å². The molecule has 1 saturated carbocycles. The van der Waals surface area contributed by atoms with E-state index in [9.17, 15) is 9.59 Å². The molecule has 0 radical (unpaired) electrons. The number of rotatable bonds is 4. The van der Waals surface area contributed by atoms with Crippen LogP contribution in [0.1, 0.15) is 79.9 Å². The molecule has 0 saturated heterocycles. The van der Waals surface area contributed by atoms with Crippen molar-refractivity contribution in [2.75, 3.05) is 12.4 Å². The second-order valence-electron chi connectivity index (χ2n) is 7.62. The standard InChI is InChI=1S/C22H27N3O2.C2H6/c1-23-19-11-5-9-17-16(19)12-13-20(17)25-14-6-10-18(22(25)27)21(26)24-15-7-3-2-4-8-15;1-2/h5-6,9-11,14-15,20,23H,2-4,7-8,12-13H2,1H3,(H,24,26);1-2H3. The number of hydrogen-bond donors (Lipinski definition) is 2. The number of fused-ring (bicyclic) bond motifs is 1. The average molecular weight is 396 g/mol. The monoisotopic (exact) mass is 395 g/mol. The quantitative estimate of drug-likeness (QED) is 0.800. The summed E-state index contributed by atoms with van der Waals surface area (Å²) in [6, 6.07) is 9.84. The molecule has 4 rings (SSSR count). The molecular weight excluding hydrogens is 362 g/mol. The van der Waals surface area contributed by atoms with Gasteiger partial charge in [-0.1, -0.05) is 45.2 Å². The van der Waals surface area contributed by atoms with Gasteiger partial charge in [0.25, 0.3) is 11.5 Å². The van der Waals surface area contributed by atoms with Gasteiger partial charge in [-0.3, -0.25) is 9.59 Å². The van der Waals surface area contributed by atoms with Crippen molar-refractivity contribution in [3.8, 4) is 0 Å². The minimum absolute atomic E-state index is 0.0109. The van der Waals surface area contributed by atoms with Crippen molar-refractivity contribution >= 4 is 11.6 Å². The van der Waals surface area contributed by atoms with Gasteiger partial charge in [-0.15, -0.1) is 0 Å². The van der Waals surface area contributed by atoms with E-state index in [0.29, 0.717) is 0 Å². The summed E-state index contributed by atoms with van der Waals surface area (Å²) in [4.78, 5) is 25.8. The molecular formula is C24H33N3O2. The molecule has 0 bridgehead atoms. The van der Waals surface area contributed by atoms with E-state index < -0.39 is 0 Å². The molecule has 2 aliphatic carbocycles. The Kier molecular flexibility index (Phi) is 7.13. The lowest BCUT2D eigenvalue weighted by molar-refractivity contribution is 0.0925. The zero-order valence-electron chi connectivity index (χ0n) is 17.8. The van der Waals surface area contributed by atoms with Crippen LogP contribution in [0.5, 0.6) is 0 Å². The maximum absolute atomic E-state index is 13.1. The van der Waals surface area contributed by atoms with Crippen LogP contribution in [-0.2, 0) is 6.42 Å². The Hall–Kier alpha value is -2.56. The molecule has 5 nitrogen and oxygen atoms in total. The predicted molar refractivity (Wildman–Crippen MR) is 119 cm³/mol. The SMILES string of the molecule is CC.CNc1cccc2c1CCC2n1cccc(C(=O)NC2CCCCC2)c1=O. The third kappa shape index (κ3) is 4.39. The van der Waals surface area contributed by atoms with E-state index in [2.05, 4.69) is 22.8 Å². The maximum Gasteiger partial charge on any atom is 0.263 e. The molecule has 1 heterocycles. The summed E-state index contributed by atoms with van der Waals surface area (Å²) in [7, 11) is 1.92. The average Bonchev–Trinajstić information content (AvgIpc) is 3.20. The fraction of sp³-hybridized carbons (Fsp3) is 0.500. The number of benzene rings is 1. The number of nitrogens with one attached hydrogen (secondary N) is 2. The van der Waals surface area contributed by atoms with Crippen LogP contribution in [0.4, 0.5) is 5.69 Å². The lowest BCUT2D eigenvalue weighted by Gasteiger charge is -2.23. The van der Waals surface area contributed by atoms with Gasteiger partial charge in [0.1, 0.15) is 5.56 Å². The van der Waals surface area contributed by atoms with Crippen LogP contribution in [0.2, 0.25) is 0 Å². The van der Waals surface area contributed by atoms with E-state index >= 15 is 0 Å². The Bertz CT molecular complexity index is 897. The molecule has 2 aromatic rings. The first-order valence-electron chi connectivity index (χ1n) is 11.0. The zero-order chi connectivity index (χ0) is 20.8. The maximum atomic E-state index is 13.1. The van der Waals surface area contributed by atoms with Gasteiger partial charge in [-0.2, -0.15) is 0 Å². The highest BCUT2D eigenvalue weighted by molar-refractivity contribution is 5.94. The van der Waals surface area contributed by atoms with E-state index in [1.807, 2.05) is 39.2 Å². The van der Waals surface area contributed by atoms with Crippen LogP contribution in [0.15, 0.2) is 41.3 Å². The van der Waals surface area contributed by atoms with Gasteiger partial charge in [0, 0.05) is 25.0 Å². The van der Waals surface area contributed by atoms with Crippen LogP contribution < -0.4 is 16.2 Å². The van der Waals surface area contributed by atoms with Crippen molar-refractivity contribution in [2.24, 2.45) is 0 Å². The molecule has 1 aromatic carbocycles. The fourth-order valence-electron chi connectivity index (χ4n) is 4.59. The first kappa shape index (κ1) is 21.2. The summed E-state index contributed by atoms with van der Waals surface area (Å²) in [6.45, 7) is 4.00. The van der Waals surface area contributed by atoms with E-state index in [0.717, 1.165) is 44.2 Å². The van der Waals surface area contributed by atoms with Crippen molar-refractivity contribution in [2.45, 2.75) is 70.9 Å². The summed E-state index contributed by atoms with van der Waals surface area (Å²) >= 11 is 0. The van der Waals surface area contributed by atoms with Gasteiger partial charge in [0.15, 0.2) is 0 Å². The molecule has 1 aromatic heterocycles. The second kappa shape index (κ2) is 9.77. The largest absolute Gasteiger partial charge is 0.388 e. The van der Waals surface area contributed by atoms with Gasteiger partial charge in [-0.05, 0) is 55.0 Å². The van der Waals surface area contributed by atoms with Crippen LogP contribution >= 0.6 is 0 Å². The van der Waals surface area contributed by atoms with Crippen LogP contribution in [0.25, 0.3) is 0 Å². The number of hydrogen-bond acceptors (Lipinski definition) is 3. The summed E-state index contributed by atoms with van der Waals surface area (Å²) in [5, 5.41) is 6.31. The fourth-order valence-corrected chi connectivity index (χ4v) is 4.59. The second-order valence-corrected chi connectivity index (χ2v) is 7.62. The molecule has 1 fully saturated rings. The Morgan fingerprint density at radius 2 is 1.79 bits per heavy atom. The van der Waals surface area contributed by atoms with E-state index in [1.165, 1.54) is 17.5 Å². The normalized spacial score (nSPS) is 18.4. The van der Waals surface area contributed by atoms with Gasteiger partial charge in [-0.25, -0.2) is 0 Å². The molecule has 1 unspecified atom stereocenters. The number of carbonyl (C=O) groups is 1. The number of amides is 1. The highest BCUT2D eigenvalue weighted by atomic mass is 16.2. The van der Waals surface area contributed by atoms with Crippen molar-refractivity contribution in [1.82, 2.24) is 9.88 Å². The van der Waals surface area contributed by atoms with Gasteiger partial charge in [0.05, 0.1) is 6.04 Å². The van der Waals surface area contributed by atoms with Crippen LogP contribution in [0.3, 0.4) is 0 Å². The van der Waals surface area contributed by atoms with Crippen molar-refractivity contribution < 1.29 is 4.79 Å². The molecule has 0 spiro atoms. The van der Waals surface area contributed by atoms with Gasteiger partial charge >= 0.3 is 0 Å². The number of pyridine rings is 1. The molecule has 0 aliphatic heterocycles. The smallest absolute Gasteiger partial charge is 0.263 e. The summed E-state index contributed by atoms with van der Waals surface area (Å²) in [5.41, 5.74) is 3.62. The van der Waals surface area contributed by atoms with E-state index in [4.69, 9.17) is 0 Å². The summed E-state index contributed by atoms with van der Waals surface area (Å²) < 4.78 is 1.74. The van der Waals surface area contributed by atoms with E-state index in [1.54, 1.807) is 10.6 Å². The lowest BCUT2D eigenvalue weighted by Crippen LogP contribution is -2.40. The summed E-state index contributed by atoms with van der Waals surface area (Å²) in [5.74, 6) is -0.233. The third-order valence-electron chi connectivity index (χ3n) is 6.00. The predicted octanol–water partition coefficient (Wildman–Crippen LogP) is 4.51. The minimum Gasteiger partial charge on any atom is -0.388 e. The number of carbonyl (C=O) groups excluding carboxylic acids is 1. The molecule has 1 atom stereocenters. The lowest BCUT2D eigenvalue weighted by atomic mass is 9.95. The minimum atomic E-state index is -0.233. The van der Waals surface area contributed by atoms with E-state index in [-0.39, 0.29) is 29.1 Å². The van der Waals surface area contributed by atoms with Gasteiger partial charge < -0.3 is 15.2 Å². The van der Waals surface area contributed by atoms with Crippen LogP contribution in [0, 0.1) is 0 Å². The first-order valence-corrected chi connectivity index (χ1v) is 11.0. The molecule has 2 aliphatic rings. The Morgan fingerprint density at radius 1 is 1.03 bits per heavy atom. The Balaban J connectivity index is 0.00000117. The first-order chi connectivity index (χ1) is 14.2. The molecule has 1 amide bonds. The Morgan fingerprint density at radius 3 is 2.52 bits per heavy atom. The molecule has 29 heavy (non-hydrogen) atoms. The summed E-state index contributed by atoms with van der Waals surface area (Å²) in [6.07, 6.45) is 9.17. The molecule has 2 N–H and O–H groups in total. The third-order valence-corrected chi connectivity index (χ3v) is 6.00.